The fourth-order valence-electron chi connectivity index (χ4n) is 4.42. The second kappa shape index (κ2) is 11.5. The Morgan fingerprint density at radius 1 is 1.16 bits per heavy atom. The topological polar surface area (TPSA) is 65.0 Å². The number of halogens is 2. The summed E-state index contributed by atoms with van der Waals surface area (Å²) in [6.07, 6.45) is 3.68. The van der Waals surface area contributed by atoms with Crippen LogP contribution >= 0.6 is 24.0 Å². The molecule has 3 heterocycles. The van der Waals surface area contributed by atoms with Crippen molar-refractivity contribution in [2.75, 3.05) is 56.7 Å². The number of guanidine groups is 1. The van der Waals surface area contributed by atoms with Gasteiger partial charge in [-0.3, -0.25) is 4.99 Å². The van der Waals surface area contributed by atoms with Crippen LogP contribution in [0.5, 0.6) is 5.75 Å². The van der Waals surface area contributed by atoms with Crippen molar-refractivity contribution in [3.8, 4) is 5.75 Å². The fraction of sp³-hybridized carbons (Fsp3) is 0.478. The third-order valence-corrected chi connectivity index (χ3v) is 6.06. The number of hydrogen-bond acceptors (Lipinski definition) is 5. The van der Waals surface area contributed by atoms with Gasteiger partial charge in [-0.2, -0.15) is 0 Å². The maximum atomic E-state index is 14.0. The van der Waals surface area contributed by atoms with Crippen LogP contribution in [0.2, 0.25) is 0 Å². The number of methoxy groups -OCH3 is 1. The first-order valence-corrected chi connectivity index (χ1v) is 10.9. The van der Waals surface area contributed by atoms with E-state index in [1.807, 2.05) is 17.0 Å². The zero-order valence-electron chi connectivity index (χ0n) is 18.6. The van der Waals surface area contributed by atoms with Crippen LogP contribution in [0.1, 0.15) is 12.8 Å². The third kappa shape index (κ3) is 5.73. The van der Waals surface area contributed by atoms with Gasteiger partial charge in [0.2, 0.25) is 0 Å². The van der Waals surface area contributed by atoms with Gasteiger partial charge in [0, 0.05) is 52.0 Å². The molecule has 2 unspecified atom stereocenters. The Labute approximate surface area is 206 Å². The highest BCUT2D eigenvalue weighted by Crippen LogP contribution is 2.31. The maximum absolute atomic E-state index is 14.0. The quantitative estimate of drug-likeness (QED) is 0.325. The molecule has 7 nitrogen and oxygen atoms in total. The van der Waals surface area contributed by atoms with E-state index in [9.17, 15) is 4.39 Å². The van der Waals surface area contributed by atoms with Gasteiger partial charge >= 0.3 is 0 Å². The van der Waals surface area contributed by atoms with Crippen LogP contribution in [0.15, 0.2) is 47.6 Å². The van der Waals surface area contributed by atoms with E-state index >= 15 is 0 Å². The highest BCUT2D eigenvalue weighted by molar-refractivity contribution is 14.0. The van der Waals surface area contributed by atoms with Gasteiger partial charge < -0.3 is 25.2 Å². The molecule has 0 saturated carbocycles. The van der Waals surface area contributed by atoms with Crippen LogP contribution in [-0.4, -0.2) is 63.9 Å². The Bertz CT molecular complexity index is 914. The molecule has 2 aliphatic heterocycles. The van der Waals surface area contributed by atoms with Crippen molar-refractivity contribution in [1.29, 1.82) is 0 Å². The predicted octanol–water partition coefficient (Wildman–Crippen LogP) is 3.12. The van der Waals surface area contributed by atoms with Crippen LogP contribution in [0.25, 0.3) is 0 Å². The normalized spacial score (nSPS) is 20.8. The van der Waals surface area contributed by atoms with Gasteiger partial charge in [-0.25, -0.2) is 9.37 Å². The Hall–Kier alpha value is -2.30. The van der Waals surface area contributed by atoms with Crippen molar-refractivity contribution >= 4 is 41.4 Å². The first kappa shape index (κ1) is 24.3. The molecule has 0 bridgehead atoms. The molecule has 4 rings (SSSR count). The Morgan fingerprint density at radius 3 is 2.75 bits per heavy atom. The summed E-state index contributed by atoms with van der Waals surface area (Å²) in [5.74, 6) is 2.41. The molecule has 1 aromatic carbocycles. The molecule has 0 radical (unpaired) electrons. The Balaban J connectivity index is 0.00000289. The maximum Gasteiger partial charge on any atom is 0.191 e. The molecule has 2 atom stereocenters. The van der Waals surface area contributed by atoms with E-state index in [2.05, 4.69) is 37.6 Å². The molecule has 2 N–H and O–H groups in total. The van der Waals surface area contributed by atoms with Gasteiger partial charge in [0.1, 0.15) is 5.75 Å². The van der Waals surface area contributed by atoms with Crippen LogP contribution in [0.3, 0.4) is 0 Å². The van der Waals surface area contributed by atoms with E-state index < -0.39 is 0 Å². The molecule has 2 fully saturated rings. The average molecular weight is 554 g/mol. The van der Waals surface area contributed by atoms with Crippen molar-refractivity contribution < 1.29 is 9.13 Å². The zero-order valence-corrected chi connectivity index (χ0v) is 21.0. The van der Waals surface area contributed by atoms with E-state index in [0.29, 0.717) is 18.3 Å². The van der Waals surface area contributed by atoms with Gasteiger partial charge in [-0.1, -0.05) is 12.1 Å². The molecule has 0 aliphatic carbocycles. The highest BCUT2D eigenvalue weighted by Gasteiger charge is 2.27. The Kier molecular flexibility index (Phi) is 8.77. The molecule has 2 aliphatic rings. The van der Waals surface area contributed by atoms with Gasteiger partial charge in [0.25, 0.3) is 0 Å². The summed E-state index contributed by atoms with van der Waals surface area (Å²) in [6.45, 7) is 4.35. The van der Waals surface area contributed by atoms with Gasteiger partial charge in [-0.15, -0.1) is 24.0 Å². The minimum absolute atomic E-state index is 0. The number of hydrogen-bond donors (Lipinski definition) is 2. The standard InChI is InChI=1S/C23H31FN6O.HI/c1-25-23(28-18-10-13-30(16-18)22-19(24)6-5-11-26-22)27-14-17-9-12-29(15-17)20-7-3-4-8-21(20)31-2;/h3-8,11,17-18H,9-10,12-16H2,1-2H3,(H2,25,27,28);1H. The largest absolute Gasteiger partial charge is 0.495 e. The first-order chi connectivity index (χ1) is 15.2. The van der Waals surface area contributed by atoms with E-state index in [0.717, 1.165) is 56.4 Å². The number of anilines is 2. The van der Waals surface area contributed by atoms with Crippen molar-refractivity contribution in [2.24, 2.45) is 10.9 Å². The number of pyridine rings is 1. The summed E-state index contributed by atoms with van der Waals surface area (Å²) in [6, 6.07) is 11.5. The minimum Gasteiger partial charge on any atom is -0.495 e. The number of nitrogens with one attached hydrogen (secondary N) is 2. The molecule has 2 aromatic rings. The van der Waals surface area contributed by atoms with Crippen molar-refractivity contribution in [3.63, 3.8) is 0 Å². The average Bonchev–Trinajstić information content (AvgIpc) is 3.46. The SMILES string of the molecule is CN=C(NCC1CCN(c2ccccc2OC)C1)NC1CCN(c2ncccc2F)C1.I. The number of aliphatic imine (C=N–C) groups is 1. The molecular formula is C23H32FIN6O. The summed E-state index contributed by atoms with van der Waals surface area (Å²) in [7, 11) is 3.51. The van der Waals surface area contributed by atoms with Crippen molar-refractivity contribution in [3.05, 3.63) is 48.4 Å². The van der Waals surface area contributed by atoms with E-state index in [4.69, 9.17) is 4.74 Å². The smallest absolute Gasteiger partial charge is 0.191 e. The van der Waals surface area contributed by atoms with E-state index in [-0.39, 0.29) is 35.8 Å². The highest BCUT2D eigenvalue weighted by atomic mass is 127. The summed E-state index contributed by atoms with van der Waals surface area (Å²) in [5.41, 5.74) is 1.16. The first-order valence-electron chi connectivity index (χ1n) is 10.9. The van der Waals surface area contributed by atoms with Crippen LogP contribution in [-0.2, 0) is 0 Å². The fourth-order valence-corrected chi connectivity index (χ4v) is 4.42. The molecular weight excluding hydrogens is 522 g/mol. The molecule has 0 spiro atoms. The molecule has 1 aromatic heterocycles. The summed E-state index contributed by atoms with van der Waals surface area (Å²) in [4.78, 5) is 13.0. The molecule has 0 amide bonds. The molecule has 9 heteroatoms. The lowest BCUT2D eigenvalue weighted by molar-refractivity contribution is 0.414. The second-order valence-corrected chi connectivity index (χ2v) is 8.11. The summed E-state index contributed by atoms with van der Waals surface area (Å²) in [5, 5.41) is 6.96. The second-order valence-electron chi connectivity index (χ2n) is 8.11. The van der Waals surface area contributed by atoms with Gasteiger partial charge in [0.15, 0.2) is 17.6 Å². The van der Waals surface area contributed by atoms with Crippen LogP contribution < -0.4 is 25.2 Å². The Morgan fingerprint density at radius 2 is 1.97 bits per heavy atom. The van der Waals surface area contributed by atoms with Crippen LogP contribution in [0, 0.1) is 11.7 Å². The molecule has 174 valence electrons. The molecule has 32 heavy (non-hydrogen) atoms. The van der Waals surface area contributed by atoms with Crippen molar-refractivity contribution in [2.45, 2.75) is 18.9 Å². The van der Waals surface area contributed by atoms with E-state index in [1.54, 1.807) is 26.4 Å². The number of benzene rings is 1. The summed E-state index contributed by atoms with van der Waals surface area (Å²) >= 11 is 0. The predicted molar refractivity (Wildman–Crippen MR) is 138 cm³/mol. The number of ether oxygens (including phenoxy) is 1. The lowest BCUT2D eigenvalue weighted by Gasteiger charge is -2.22. The van der Waals surface area contributed by atoms with Crippen molar-refractivity contribution in [1.82, 2.24) is 15.6 Å². The van der Waals surface area contributed by atoms with Crippen LogP contribution in [0.4, 0.5) is 15.9 Å². The lowest BCUT2D eigenvalue weighted by atomic mass is 10.1. The number of rotatable bonds is 6. The monoisotopic (exact) mass is 554 g/mol. The summed E-state index contributed by atoms with van der Waals surface area (Å²) < 4.78 is 19.5. The molecule has 2 saturated heterocycles. The van der Waals surface area contributed by atoms with Gasteiger partial charge in [0.05, 0.1) is 12.8 Å². The lowest BCUT2D eigenvalue weighted by Crippen LogP contribution is -2.46. The number of nitrogens with zero attached hydrogens (tertiary/aromatic N) is 4. The third-order valence-electron chi connectivity index (χ3n) is 6.06. The number of para-hydroxylation sites is 2. The minimum atomic E-state index is -0.272. The zero-order chi connectivity index (χ0) is 21.6. The van der Waals surface area contributed by atoms with Gasteiger partial charge in [-0.05, 0) is 43.0 Å². The number of aromatic nitrogens is 1. The van der Waals surface area contributed by atoms with E-state index in [1.165, 1.54) is 6.07 Å².